The first-order valence-electron chi connectivity index (χ1n) is 7.86. The number of benzene rings is 1. The summed E-state index contributed by atoms with van der Waals surface area (Å²) in [5, 5.41) is 3.40. The van der Waals surface area contributed by atoms with E-state index >= 15 is 0 Å². The van der Waals surface area contributed by atoms with Gasteiger partial charge in [-0.15, -0.1) is 0 Å². The first kappa shape index (κ1) is 13.5. The van der Waals surface area contributed by atoms with Crippen LogP contribution in [0.4, 0.5) is 5.69 Å². The third-order valence-corrected chi connectivity index (χ3v) is 4.72. The number of likely N-dealkylation sites (tertiary alicyclic amines) is 1. The number of amides is 1. The molecule has 2 atom stereocenters. The minimum absolute atomic E-state index is 0.207. The van der Waals surface area contributed by atoms with Crippen LogP contribution in [0.2, 0.25) is 0 Å². The van der Waals surface area contributed by atoms with Crippen LogP contribution >= 0.6 is 0 Å². The number of piperidine rings is 1. The van der Waals surface area contributed by atoms with Gasteiger partial charge in [0, 0.05) is 29.9 Å². The van der Waals surface area contributed by atoms with E-state index in [1.807, 2.05) is 6.07 Å². The summed E-state index contributed by atoms with van der Waals surface area (Å²) in [4.78, 5) is 14.9. The van der Waals surface area contributed by atoms with E-state index < -0.39 is 0 Å². The van der Waals surface area contributed by atoms with Crippen LogP contribution in [0.25, 0.3) is 0 Å². The van der Waals surface area contributed by atoms with Gasteiger partial charge in [0.2, 0.25) is 0 Å². The summed E-state index contributed by atoms with van der Waals surface area (Å²) in [6, 6.07) is 6.87. The van der Waals surface area contributed by atoms with Crippen molar-refractivity contribution in [2.24, 2.45) is 0 Å². The molecule has 1 aromatic carbocycles. The molecule has 3 rings (SSSR count). The maximum Gasteiger partial charge on any atom is 0.254 e. The number of carbonyl (C=O) groups excluding carboxylic acids is 1. The minimum atomic E-state index is 0.207. The normalized spacial score (nSPS) is 25.8. The van der Waals surface area contributed by atoms with Gasteiger partial charge in [-0.05, 0) is 69.7 Å². The molecule has 0 spiro atoms. The number of nitrogens with zero attached hydrogens (tertiary/aromatic N) is 1. The van der Waals surface area contributed by atoms with Crippen molar-refractivity contribution in [1.82, 2.24) is 4.90 Å². The molecular formula is C17H24N2O. The summed E-state index contributed by atoms with van der Waals surface area (Å²) < 4.78 is 0. The number of anilines is 1. The Hall–Kier alpha value is -1.51. The molecule has 1 N–H and O–H groups in total. The molecule has 1 amide bonds. The van der Waals surface area contributed by atoms with Crippen LogP contribution < -0.4 is 5.32 Å². The van der Waals surface area contributed by atoms with Crippen molar-refractivity contribution in [3.05, 3.63) is 29.3 Å². The first-order chi connectivity index (χ1) is 9.66. The lowest BCUT2D eigenvalue weighted by atomic mass is 9.95. The van der Waals surface area contributed by atoms with E-state index in [0.717, 1.165) is 37.8 Å². The molecular weight excluding hydrogens is 248 g/mol. The second-order valence-corrected chi connectivity index (χ2v) is 6.24. The second-order valence-electron chi connectivity index (χ2n) is 6.24. The Morgan fingerprint density at radius 1 is 1.20 bits per heavy atom. The molecule has 1 saturated heterocycles. The van der Waals surface area contributed by atoms with E-state index in [9.17, 15) is 4.79 Å². The largest absolute Gasteiger partial charge is 0.385 e. The quantitative estimate of drug-likeness (QED) is 0.849. The number of fused-ring (bicyclic) bond motifs is 1. The van der Waals surface area contributed by atoms with Gasteiger partial charge in [-0.2, -0.15) is 0 Å². The van der Waals surface area contributed by atoms with Crippen LogP contribution in [-0.2, 0) is 6.42 Å². The average molecular weight is 272 g/mol. The van der Waals surface area contributed by atoms with Crippen molar-refractivity contribution in [3.8, 4) is 0 Å². The lowest BCUT2D eigenvalue weighted by Gasteiger charge is -2.39. The Bertz CT molecular complexity index is 502. The smallest absolute Gasteiger partial charge is 0.254 e. The molecule has 2 aliphatic heterocycles. The Morgan fingerprint density at radius 3 is 2.70 bits per heavy atom. The molecule has 3 nitrogen and oxygen atoms in total. The molecule has 3 heteroatoms. The summed E-state index contributed by atoms with van der Waals surface area (Å²) in [7, 11) is 0. The predicted molar refractivity (Wildman–Crippen MR) is 82.2 cm³/mol. The molecule has 2 aliphatic rings. The molecule has 0 saturated carbocycles. The van der Waals surface area contributed by atoms with E-state index in [2.05, 4.69) is 36.2 Å². The van der Waals surface area contributed by atoms with Crippen molar-refractivity contribution in [3.63, 3.8) is 0 Å². The monoisotopic (exact) mass is 272 g/mol. The van der Waals surface area contributed by atoms with E-state index in [4.69, 9.17) is 0 Å². The van der Waals surface area contributed by atoms with E-state index in [0.29, 0.717) is 12.1 Å². The van der Waals surface area contributed by atoms with Gasteiger partial charge in [0.1, 0.15) is 0 Å². The van der Waals surface area contributed by atoms with Crippen LogP contribution in [0, 0.1) is 0 Å². The van der Waals surface area contributed by atoms with Crippen molar-refractivity contribution in [1.29, 1.82) is 0 Å². The minimum Gasteiger partial charge on any atom is -0.385 e. The fraction of sp³-hybridized carbons (Fsp3) is 0.588. The van der Waals surface area contributed by atoms with Gasteiger partial charge in [0.15, 0.2) is 0 Å². The van der Waals surface area contributed by atoms with E-state index in [-0.39, 0.29) is 5.91 Å². The number of hydrogen-bond donors (Lipinski definition) is 1. The van der Waals surface area contributed by atoms with Crippen LogP contribution in [-0.4, -0.2) is 29.4 Å². The van der Waals surface area contributed by atoms with Gasteiger partial charge < -0.3 is 10.2 Å². The lowest BCUT2D eigenvalue weighted by molar-refractivity contribution is 0.0510. The highest BCUT2D eigenvalue weighted by Gasteiger charge is 2.29. The average Bonchev–Trinajstić information content (AvgIpc) is 2.46. The maximum absolute atomic E-state index is 12.8. The molecule has 1 fully saturated rings. The highest BCUT2D eigenvalue weighted by Crippen LogP contribution is 2.27. The van der Waals surface area contributed by atoms with Gasteiger partial charge in [0.05, 0.1) is 0 Å². The highest BCUT2D eigenvalue weighted by molar-refractivity contribution is 5.95. The van der Waals surface area contributed by atoms with Crippen molar-refractivity contribution in [2.75, 3.05) is 11.9 Å². The highest BCUT2D eigenvalue weighted by atomic mass is 16.2. The van der Waals surface area contributed by atoms with Crippen molar-refractivity contribution < 1.29 is 4.79 Å². The predicted octanol–water partition coefficient (Wildman–Crippen LogP) is 3.45. The third-order valence-electron chi connectivity index (χ3n) is 4.72. The number of nitrogens with one attached hydrogen (secondary N) is 1. The summed E-state index contributed by atoms with van der Waals surface area (Å²) in [5.41, 5.74) is 3.35. The summed E-state index contributed by atoms with van der Waals surface area (Å²) in [6.07, 6.45) is 5.72. The molecule has 108 valence electrons. The second kappa shape index (κ2) is 5.47. The topological polar surface area (TPSA) is 32.3 Å². The third kappa shape index (κ3) is 2.41. The SMILES string of the molecule is CC1CCCC(C)N1C(=O)c1ccc2c(c1)CCCN2. The Morgan fingerprint density at radius 2 is 1.95 bits per heavy atom. The number of rotatable bonds is 1. The molecule has 0 radical (unpaired) electrons. The standard InChI is InChI=1S/C17H24N2O/c1-12-5-3-6-13(2)19(12)17(20)15-8-9-16-14(11-15)7-4-10-18-16/h8-9,11-13,18H,3-7,10H2,1-2H3. The first-order valence-corrected chi connectivity index (χ1v) is 7.86. The zero-order valence-corrected chi connectivity index (χ0v) is 12.5. The van der Waals surface area contributed by atoms with Crippen LogP contribution in [0.5, 0.6) is 0 Å². The molecule has 2 unspecified atom stereocenters. The van der Waals surface area contributed by atoms with Gasteiger partial charge in [-0.3, -0.25) is 4.79 Å². The fourth-order valence-electron chi connectivity index (χ4n) is 3.58. The molecule has 20 heavy (non-hydrogen) atoms. The molecule has 0 bridgehead atoms. The summed E-state index contributed by atoms with van der Waals surface area (Å²) in [6.45, 7) is 5.39. The zero-order chi connectivity index (χ0) is 14.1. The zero-order valence-electron chi connectivity index (χ0n) is 12.5. The Balaban J connectivity index is 1.86. The maximum atomic E-state index is 12.8. The molecule has 1 aromatic rings. The van der Waals surface area contributed by atoms with Crippen LogP contribution in [0.15, 0.2) is 18.2 Å². The molecule has 2 heterocycles. The molecule has 0 aliphatic carbocycles. The molecule has 0 aromatic heterocycles. The number of aryl methyl sites for hydroxylation is 1. The number of hydrogen-bond acceptors (Lipinski definition) is 2. The van der Waals surface area contributed by atoms with Gasteiger partial charge >= 0.3 is 0 Å². The Labute approximate surface area is 121 Å². The van der Waals surface area contributed by atoms with Crippen molar-refractivity contribution in [2.45, 2.75) is 58.0 Å². The fourth-order valence-corrected chi connectivity index (χ4v) is 3.58. The number of carbonyl (C=O) groups is 1. The summed E-state index contributed by atoms with van der Waals surface area (Å²) >= 11 is 0. The Kier molecular flexibility index (Phi) is 3.68. The van der Waals surface area contributed by atoms with Crippen molar-refractivity contribution >= 4 is 11.6 Å². The van der Waals surface area contributed by atoms with Gasteiger partial charge in [-0.1, -0.05) is 0 Å². The van der Waals surface area contributed by atoms with E-state index in [1.165, 1.54) is 17.7 Å². The van der Waals surface area contributed by atoms with Gasteiger partial charge in [-0.25, -0.2) is 0 Å². The summed E-state index contributed by atoms with van der Waals surface area (Å²) in [5.74, 6) is 0.207. The van der Waals surface area contributed by atoms with E-state index in [1.54, 1.807) is 0 Å². The van der Waals surface area contributed by atoms with Gasteiger partial charge in [0.25, 0.3) is 5.91 Å². The van der Waals surface area contributed by atoms with Crippen LogP contribution in [0.3, 0.4) is 0 Å². The lowest BCUT2D eigenvalue weighted by Crippen LogP contribution is -2.47. The van der Waals surface area contributed by atoms with Crippen LogP contribution in [0.1, 0.15) is 55.5 Å².